The zero-order chi connectivity index (χ0) is 17.0. The molecule has 0 saturated carbocycles. The van der Waals surface area contributed by atoms with Gasteiger partial charge in [-0.2, -0.15) is 8.78 Å². The third-order valence-corrected chi connectivity index (χ3v) is 3.74. The predicted molar refractivity (Wildman–Crippen MR) is 82.8 cm³/mol. The fourth-order valence-electron chi connectivity index (χ4n) is 2.56. The molecule has 1 saturated heterocycles. The summed E-state index contributed by atoms with van der Waals surface area (Å²) >= 11 is 0. The van der Waals surface area contributed by atoms with E-state index in [0.717, 1.165) is 0 Å². The van der Waals surface area contributed by atoms with Crippen LogP contribution in [0.3, 0.4) is 0 Å². The number of carbonyl (C=O) groups excluding carboxylic acids is 1. The van der Waals surface area contributed by atoms with Gasteiger partial charge in [-0.25, -0.2) is 0 Å². The van der Waals surface area contributed by atoms with Crippen LogP contribution in [0.25, 0.3) is 0 Å². The average molecular weight is 328 g/mol. The summed E-state index contributed by atoms with van der Waals surface area (Å²) in [6, 6.07) is 5.74. The highest BCUT2D eigenvalue weighted by atomic mass is 19.3. The number of nitrogens with one attached hydrogen (secondary N) is 1. The van der Waals surface area contributed by atoms with E-state index in [2.05, 4.69) is 10.1 Å². The zero-order valence-corrected chi connectivity index (χ0v) is 13.5. The highest BCUT2D eigenvalue weighted by Gasteiger charge is 2.32. The normalized spacial score (nSPS) is 19.4. The van der Waals surface area contributed by atoms with Gasteiger partial charge in [0.15, 0.2) is 0 Å². The summed E-state index contributed by atoms with van der Waals surface area (Å²) < 4.78 is 34.9. The minimum absolute atomic E-state index is 0.0506. The Balaban J connectivity index is 2.04. The molecule has 1 amide bonds. The number of amides is 1. The first kappa shape index (κ1) is 17.6. The van der Waals surface area contributed by atoms with Crippen molar-refractivity contribution in [1.29, 1.82) is 0 Å². The van der Waals surface area contributed by atoms with E-state index < -0.39 is 12.7 Å². The first-order valence-corrected chi connectivity index (χ1v) is 7.51. The molecule has 2 rings (SSSR count). The van der Waals surface area contributed by atoms with Crippen LogP contribution in [0.5, 0.6) is 5.75 Å². The van der Waals surface area contributed by atoms with E-state index >= 15 is 0 Å². The van der Waals surface area contributed by atoms with Crippen molar-refractivity contribution in [3.63, 3.8) is 0 Å². The number of hydrogen-bond acceptors (Lipinski definition) is 4. The van der Waals surface area contributed by atoms with Crippen molar-refractivity contribution in [2.24, 2.45) is 0 Å². The third-order valence-electron chi connectivity index (χ3n) is 3.74. The van der Waals surface area contributed by atoms with Gasteiger partial charge in [0, 0.05) is 13.1 Å². The van der Waals surface area contributed by atoms with Crippen LogP contribution < -0.4 is 10.1 Å². The van der Waals surface area contributed by atoms with Crippen LogP contribution >= 0.6 is 0 Å². The van der Waals surface area contributed by atoms with E-state index in [-0.39, 0.29) is 22.9 Å². The maximum atomic E-state index is 12.4. The number of hydrogen-bond donors (Lipinski definition) is 1. The second-order valence-electron chi connectivity index (χ2n) is 6.12. The Hall–Kier alpha value is -1.73. The van der Waals surface area contributed by atoms with Crippen LogP contribution in [0.4, 0.5) is 14.5 Å². The average Bonchev–Trinajstić information content (AvgIpc) is 2.47. The molecule has 1 heterocycles. The number of benzene rings is 1. The lowest BCUT2D eigenvalue weighted by molar-refractivity contribution is -0.129. The number of alkyl halides is 2. The Bertz CT molecular complexity index is 552. The minimum Gasteiger partial charge on any atom is -0.433 e. The molecule has 5 nitrogen and oxygen atoms in total. The Labute approximate surface area is 134 Å². The molecule has 1 aliphatic rings. The Morgan fingerprint density at radius 1 is 1.39 bits per heavy atom. The molecule has 1 N–H and O–H groups in total. The predicted octanol–water partition coefficient (Wildman–Crippen LogP) is 2.73. The van der Waals surface area contributed by atoms with Gasteiger partial charge in [0.1, 0.15) is 5.75 Å². The van der Waals surface area contributed by atoms with E-state index in [1.54, 1.807) is 19.1 Å². The van der Waals surface area contributed by atoms with Crippen LogP contribution in [0.15, 0.2) is 24.3 Å². The van der Waals surface area contributed by atoms with Crippen LogP contribution in [-0.2, 0) is 9.53 Å². The van der Waals surface area contributed by atoms with E-state index in [9.17, 15) is 13.6 Å². The Morgan fingerprint density at radius 3 is 2.74 bits per heavy atom. The van der Waals surface area contributed by atoms with Crippen LogP contribution in [0, 0.1) is 0 Å². The van der Waals surface area contributed by atoms with Gasteiger partial charge in [0.2, 0.25) is 5.91 Å². The number of halogens is 2. The third kappa shape index (κ3) is 4.87. The van der Waals surface area contributed by atoms with Gasteiger partial charge in [0.05, 0.1) is 23.9 Å². The first-order chi connectivity index (χ1) is 10.8. The summed E-state index contributed by atoms with van der Waals surface area (Å²) in [5, 5.41) is 2.66. The molecule has 1 aliphatic heterocycles. The van der Waals surface area contributed by atoms with E-state index in [0.29, 0.717) is 19.7 Å². The van der Waals surface area contributed by atoms with Crippen molar-refractivity contribution in [3.05, 3.63) is 24.3 Å². The van der Waals surface area contributed by atoms with Crippen LogP contribution in [0.2, 0.25) is 0 Å². The zero-order valence-electron chi connectivity index (χ0n) is 13.5. The van der Waals surface area contributed by atoms with Crippen molar-refractivity contribution in [2.45, 2.75) is 39.0 Å². The first-order valence-electron chi connectivity index (χ1n) is 7.51. The molecule has 0 aromatic heterocycles. The summed E-state index contributed by atoms with van der Waals surface area (Å²) in [7, 11) is 0. The lowest BCUT2D eigenvalue weighted by atomic mass is 10.1. The molecular weight excluding hydrogens is 306 g/mol. The Kier molecular flexibility index (Phi) is 5.54. The van der Waals surface area contributed by atoms with Crippen molar-refractivity contribution < 1.29 is 23.0 Å². The Morgan fingerprint density at radius 2 is 2.09 bits per heavy atom. The standard InChI is InChI=1S/C16H22F2N2O3/c1-11(20-8-9-22-16(2,3)10-20)14(21)19-12-6-4-5-7-13(12)23-15(17)18/h4-7,11,15H,8-10H2,1-3H3,(H,19,21). The topological polar surface area (TPSA) is 50.8 Å². The van der Waals surface area contributed by atoms with E-state index in [1.807, 2.05) is 18.7 Å². The molecule has 0 aliphatic carbocycles. The molecule has 128 valence electrons. The van der Waals surface area contributed by atoms with Gasteiger partial charge in [-0.05, 0) is 32.9 Å². The highest BCUT2D eigenvalue weighted by Crippen LogP contribution is 2.26. The number of anilines is 1. The molecule has 0 radical (unpaired) electrons. The monoisotopic (exact) mass is 328 g/mol. The molecule has 1 atom stereocenters. The molecule has 7 heteroatoms. The summed E-state index contributed by atoms with van der Waals surface area (Å²) in [6.45, 7) is 4.60. The summed E-state index contributed by atoms with van der Waals surface area (Å²) in [5.41, 5.74) is -0.0825. The molecule has 0 bridgehead atoms. The number of carbonyl (C=O) groups is 1. The number of nitrogens with zero attached hydrogens (tertiary/aromatic N) is 1. The van der Waals surface area contributed by atoms with Gasteiger partial charge in [0.25, 0.3) is 0 Å². The minimum atomic E-state index is -2.94. The molecular formula is C16H22F2N2O3. The van der Waals surface area contributed by atoms with Crippen molar-refractivity contribution >= 4 is 11.6 Å². The van der Waals surface area contributed by atoms with Gasteiger partial charge in [-0.15, -0.1) is 0 Å². The maximum Gasteiger partial charge on any atom is 0.387 e. The summed E-state index contributed by atoms with van der Waals surface area (Å²) in [6.07, 6.45) is 0. The number of morpholine rings is 1. The molecule has 1 fully saturated rings. The number of ether oxygens (including phenoxy) is 2. The van der Waals surface area contributed by atoms with Gasteiger partial charge >= 0.3 is 6.61 Å². The molecule has 1 aromatic rings. The highest BCUT2D eigenvalue weighted by molar-refractivity contribution is 5.95. The molecule has 23 heavy (non-hydrogen) atoms. The van der Waals surface area contributed by atoms with Crippen LogP contribution in [-0.4, -0.2) is 48.8 Å². The second-order valence-corrected chi connectivity index (χ2v) is 6.12. The van der Waals surface area contributed by atoms with E-state index in [4.69, 9.17) is 4.74 Å². The molecule has 1 unspecified atom stereocenters. The molecule has 1 aromatic carbocycles. The number of para-hydroxylation sites is 2. The van der Waals surface area contributed by atoms with Gasteiger partial charge in [-0.1, -0.05) is 12.1 Å². The van der Waals surface area contributed by atoms with Gasteiger partial charge in [-0.3, -0.25) is 9.69 Å². The van der Waals surface area contributed by atoms with Crippen LogP contribution in [0.1, 0.15) is 20.8 Å². The van der Waals surface area contributed by atoms with E-state index in [1.165, 1.54) is 12.1 Å². The maximum absolute atomic E-state index is 12.4. The lowest BCUT2D eigenvalue weighted by Crippen LogP contribution is -2.54. The smallest absolute Gasteiger partial charge is 0.387 e. The molecule has 0 spiro atoms. The second kappa shape index (κ2) is 7.23. The lowest BCUT2D eigenvalue weighted by Gasteiger charge is -2.40. The van der Waals surface area contributed by atoms with Gasteiger partial charge < -0.3 is 14.8 Å². The fraction of sp³-hybridized carbons (Fsp3) is 0.562. The fourth-order valence-corrected chi connectivity index (χ4v) is 2.56. The number of rotatable bonds is 5. The largest absolute Gasteiger partial charge is 0.433 e. The SMILES string of the molecule is CC(C(=O)Nc1ccccc1OC(F)F)N1CCOC(C)(C)C1. The quantitative estimate of drug-likeness (QED) is 0.903. The van der Waals surface area contributed by atoms with Crippen molar-refractivity contribution in [3.8, 4) is 5.75 Å². The van der Waals surface area contributed by atoms with Crippen molar-refractivity contribution in [2.75, 3.05) is 25.0 Å². The summed E-state index contributed by atoms with van der Waals surface area (Å²) in [5.74, 6) is -0.321. The van der Waals surface area contributed by atoms with Crippen molar-refractivity contribution in [1.82, 2.24) is 4.90 Å². The summed E-state index contributed by atoms with van der Waals surface area (Å²) in [4.78, 5) is 14.4.